The highest BCUT2D eigenvalue weighted by molar-refractivity contribution is 4.87. The minimum absolute atomic E-state index is 0.318. The van der Waals surface area contributed by atoms with E-state index in [0.717, 1.165) is 25.6 Å². The van der Waals surface area contributed by atoms with Gasteiger partial charge in [-0.2, -0.15) is 0 Å². The van der Waals surface area contributed by atoms with E-state index in [4.69, 9.17) is 4.74 Å². The average molecular weight is 210 g/mol. The lowest BCUT2D eigenvalue weighted by Gasteiger charge is -2.21. The highest BCUT2D eigenvalue weighted by Gasteiger charge is 2.31. The van der Waals surface area contributed by atoms with Crippen LogP contribution in [0.25, 0.3) is 0 Å². The van der Waals surface area contributed by atoms with Crippen LogP contribution in [0.5, 0.6) is 0 Å². The topological polar surface area (TPSA) is 24.5 Å². The fourth-order valence-electron chi connectivity index (χ4n) is 2.62. The van der Waals surface area contributed by atoms with Crippen LogP contribution < -0.4 is 5.32 Å². The van der Waals surface area contributed by atoms with Gasteiger partial charge in [-0.25, -0.2) is 0 Å². The lowest BCUT2D eigenvalue weighted by Crippen LogP contribution is -2.38. The molecular weight excluding hydrogens is 188 g/mol. The Balaban J connectivity index is 1.82. The molecule has 0 amide bonds. The van der Waals surface area contributed by atoms with Crippen LogP contribution in [0.2, 0.25) is 0 Å². The van der Waals surface area contributed by atoms with Gasteiger partial charge in [0.1, 0.15) is 0 Å². The summed E-state index contributed by atoms with van der Waals surface area (Å²) in [6.07, 6.45) is 6.20. The molecule has 1 saturated heterocycles. The van der Waals surface area contributed by atoms with Crippen molar-refractivity contribution < 1.29 is 4.74 Å². The van der Waals surface area contributed by atoms with Gasteiger partial charge in [0.15, 0.2) is 0 Å². The number of nitrogens with one attached hydrogen (secondary N) is 1. The summed E-state index contributed by atoms with van der Waals surface area (Å²) in [4.78, 5) is 2.09. The molecule has 0 aromatic carbocycles. The molecule has 15 heavy (non-hydrogen) atoms. The first-order chi connectivity index (χ1) is 7.29. The van der Waals surface area contributed by atoms with E-state index in [0.29, 0.717) is 12.1 Å². The summed E-state index contributed by atoms with van der Waals surface area (Å²) >= 11 is 0. The molecule has 0 aromatic rings. The van der Waals surface area contributed by atoms with Crippen molar-refractivity contribution >= 4 is 0 Å². The molecule has 1 aliphatic heterocycles. The van der Waals surface area contributed by atoms with Gasteiger partial charge in [0.25, 0.3) is 0 Å². The first-order valence-electron chi connectivity index (χ1n) is 5.97. The Morgan fingerprint density at radius 3 is 3.20 bits per heavy atom. The number of fused-ring (bicyclic) bond motifs is 1. The predicted molar refractivity (Wildman–Crippen MR) is 61.7 cm³/mol. The van der Waals surface area contributed by atoms with Crippen LogP contribution in [0.1, 0.15) is 19.3 Å². The number of rotatable bonds is 3. The smallest absolute Gasteiger partial charge is 0.0873 e. The number of likely N-dealkylation sites (N-methyl/N-ethyl adjacent to an activating group) is 1. The third-order valence-electron chi connectivity index (χ3n) is 3.62. The summed E-state index contributed by atoms with van der Waals surface area (Å²) in [6.45, 7) is 6.62. The van der Waals surface area contributed by atoms with E-state index in [1.165, 1.54) is 19.3 Å². The van der Waals surface area contributed by atoms with Gasteiger partial charge in [-0.15, -0.1) is 0 Å². The molecule has 3 nitrogen and oxygen atoms in total. The Morgan fingerprint density at radius 1 is 1.53 bits per heavy atom. The average Bonchev–Trinajstić information content (AvgIpc) is 2.62. The van der Waals surface area contributed by atoms with Gasteiger partial charge in [-0.1, -0.05) is 13.0 Å². The van der Waals surface area contributed by atoms with Crippen molar-refractivity contribution in [2.45, 2.75) is 31.4 Å². The zero-order chi connectivity index (χ0) is 10.7. The molecule has 1 unspecified atom stereocenters. The summed E-state index contributed by atoms with van der Waals surface area (Å²) in [5, 5.41) is 3.64. The van der Waals surface area contributed by atoms with Gasteiger partial charge in [0.05, 0.1) is 12.7 Å². The first kappa shape index (κ1) is 11.0. The van der Waals surface area contributed by atoms with Crippen molar-refractivity contribution in [2.24, 2.45) is 5.92 Å². The first-order valence-corrected chi connectivity index (χ1v) is 5.97. The Bertz CT molecular complexity index is 206. The van der Waals surface area contributed by atoms with Crippen LogP contribution in [0.4, 0.5) is 0 Å². The zero-order valence-electron chi connectivity index (χ0n) is 9.61. The molecule has 1 N–H and O–H groups in total. The molecule has 1 aliphatic carbocycles. The van der Waals surface area contributed by atoms with Gasteiger partial charge in [-0.3, -0.25) is 0 Å². The Hall–Kier alpha value is -0.540. The lowest BCUT2D eigenvalue weighted by molar-refractivity contribution is 0.0355. The largest absolute Gasteiger partial charge is 0.378 e. The van der Waals surface area contributed by atoms with E-state index in [1.807, 2.05) is 13.2 Å². The Morgan fingerprint density at radius 2 is 2.40 bits per heavy atom. The van der Waals surface area contributed by atoms with Crippen LogP contribution >= 0.6 is 0 Å². The van der Waals surface area contributed by atoms with E-state index >= 15 is 0 Å². The van der Waals surface area contributed by atoms with Crippen LogP contribution in [-0.2, 0) is 4.74 Å². The van der Waals surface area contributed by atoms with Crippen molar-refractivity contribution in [1.29, 1.82) is 0 Å². The molecule has 1 heterocycles. The quantitative estimate of drug-likeness (QED) is 0.758. The van der Waals surface area contributed by atoms with Gasteiger partial charge >= 0.3 is 0 Å². The molecule has 0 aromatic heterocycles. The molecule has 2 aliphatic rings. The maximum atomic E-state index is 5.94. The highest BCUT2D eigenvalue weighted by atomic mass is 16.5. The summed E-state index contributed by atoms with van der Waals surface area (Å²) < 4.78 is 5.94. The molecule has 0 radical (unpaired) electrons. The maximum absolute atomic E-state index is 5.94. The highest BCUT2D eigenvalue weighted by Crippen LogP contribution is 2.27. The van der Waals surface area contributed by atoms with Gasteiger partial charge in [0.2, 0.25) is 0 Å². The Labute approximate surface area is 92.5 Å². The van der Waals surface area contributed by atoms with E-state index in [9.17, 15) is 0 Å². The molecule has 0 bridgehead atoms. The van der Waals surface area contributed by atoms with E-state index in [-0.39, 0.29) is 0 Å². The summed E-state index contributed by atoms with van der Waals surface area (Å²) in [7, 11) is 2.04. The summed E-state index contributed by atoms with van der Waals surface area (Å²) in [5.41, 5.74) is 0. The zero-order valence-corrected chi connectivity index (χ0v) is 9.61. The summed E-state index contributed by atoms with van der Waals surface area (Å²) in [5.74, 6) is 0.754. The van der Waals surface area contributed by atoms with E-state index < -0.39 is 0 Å². The fourth-order valence-corrected chi connectivity index (χ4v) is 2.62. The number of hydrogen-bond acceptors (Lipinski definition) is 3. The second-order valence-corrected chi connectivity index (χ2v) is 4.78. The second-order valence-electron chi connectivity index (χ2n) is 4.78. The minimum atomic E-state index is 0.318. The molecule has 2 rings (SSSR count). The molecule has 1 saturated carbocycles. The van der Waals surface area contributed by atoms with E-state index in [1.54, 1.807) is 0 Å². The third kappa shape index (κ3) is 2.73. The standard InChI is InChI=1S/C12H22N2O/c1-3-14(2)8-11-7-13-12-6-4-5-10(12)9-15-11/h3,10-13H,1,4-9H2,2H3/t10?,11-,12+/m1/s1. The molecule has 3 heteroatoms. The van der Waals surface area contributed by atoms with Gasteiger partial charge in [-0.05, 0) is 25.0 Å². The second kappa shape index (κ2) is 4.99. The lowest BCUT2D eigenvalue weighted by atomic mass is 10.1. The summed E-state index contributed by atoms with van der Waals surface area (Å²) in [6, 6.07) is 0.712. The molecule has 3 atom stereocenters. The molecule has 86 valence electrons. The van der Waals surface area contributed by atoms with E-state index in [2.05, 4.69) is 16.8 Å². The van der Waals surface area contributed by atoms with Crippen LogP contribution in [-0.4, -0.2) is 43.8 Å². The number of nitrogens with zero attached hydrogens (tertiary/aromatic N) is 1. The number of ether oxygens (including phenoxy) is 1. The Kier molecular flexibility index (Phi) is 3.65. The van der Waals surface area contributed by atoms with Crippen LogP contribution in [0.15, 0.2) is 12.8 Å². The fraction of sp³-hybridized carbons (Fsp3) is 0.833. The van der Waals surface area contributed by atoms with Crippen molar-refractivity contribution in [3.8, 4) is 0 Å². The SMILES string of the molecule is C=CN(C)C[C@H]1CN[C@H]2CCCC2CO1. The van der Waals surface area contributed by atoms with Gasteiger partial charge in [0, 0.05) is 26.2 Å². The minimum Gasteiger partial charge on any atom is -0.378 e. The van der Waals surface area contributed by atoms with Crippen molar-refractivity contribution in [3.05, 3.63) is 12.8 Å². The predicted octanol–water partition coefficient (Wildman–Crippen LogP) is 1.22. The third-order valence-corrected chi connectivity index (χ3v) is 3.62. The molecular formula is C12H22N2O. The van der Waals surface area contributed by atoms with Crippen molar-refractivity contribution in [1.82, 2.24) is 10.2 Å². The van der Waals surface area contributed by atoms with Crippen molar-refractivity contribution in [2.75, 3.05) is 26.7 Å². The normalized spacial score (nSPS) is 35.7. The van der Waals surface area contributed by atoms with Crippen molar-refractivity contribution in [3.63, 3.8) is 0 Å². The van der Waals surface area contributed by atoms with Crippen LogP contribution in [0.3, 0.4) is 0 Å². The van der Waals surface area contributed by atoms with Crippen LogP contribution in [0, 0.1) is 5.92 Å². The molecule has 2 fully saturated rings. The monoisotopic (exact) mass is 210 g/mol. The maximum Gasteiger partial charge on any atom is 0.0873 e. The van der Waals surface area contributed by atoms with Gasteiger partial charge < -0.3 is 15.0 Å². The molecule has 0 spiro atoms. The number of hydrogen-bond donors (Lipinski definition) is 1.